The first-order valence-electron chi connectivity index (χ1n) is 6.43. The molecule has 1 aromatic carbocycles. The van der Waals surface area contributed by atoms with Crippen LogP contribution in [-0.2, 0) is 0 Å². The van der Waals surface area contributed by atoms with Crippen molar-refractivity contribution in [2.24, 2.45) is 0 Å². The molecule has 2 rings (SSSR count). The third-order valence-electron chi connectivity index (χ3n) is 3.03. The first-order chi connectivity index (χ1) is 10.0. The lowest BCUT2D eigenvalue weighted by Gasteiger charge is -2.15. The number of amides is 1. The van der Waals surface area contributed by atoms with E-state index in [4.69, 9.17) is 23.2 Å². The van der Waals surface area contributed by atoms with Crippen molar-refractivity contribution in [3.8, 4) is 5.69 Å². The van der Waals surface area contributed by atoms with E-state index in [-0.39, 0.29) is 18.3 Å². The molecule has 0 atom stereocenters. The molecule has 5 nitrogen and oxygen atoms in total. The number of nitrogens with zero attached hydrogens (tertiary/aromatic N) is 3. The highest BCUT2D eigenvalue weighted by atomic mass is 35.5. The van der Waals surface area contributed by atoms with Crippen molar-refractivity contribution < 1.29 is 4.79 Å². The molecule has 2 aromatic rings. The van der Waals surface area contributed by atoms with Gasteiger partial charge in [-0.3, -0.25) is 4.79 Å². The Labute approximate surface area is 145 Å². The number of hydrogen-bond acceptors (Lipinski definition) is 3. The molecule has 1 amide bonds. The SMILES string of the molecule is CNCCN(C)C(=O)c1cnn(-c2ccc(Cl)cc2Cl)c1.Cl. The van der Waals surface area contributed by atoms with Crippen LogP contribution in [-0.4, -0.2) is 47.8 Å². The number of carbonyl (C=O) groups is 1. The molecular formula is C14H17Cl3N4O. The van der Waals surface area contributed by atoms with Gasteiger partial charge in [0.2, 0.25) is 0 Å². The van der Waals surface area contributed by atoms with Gasteiger partial charge in [-0.15, -0.1) is 12.4 Å². The highest BCUT2D eigenvalue weighted by Crippen LogP contribution is 2.24. The van der Waals surface area contributed by atoms with Gasteiger partial charge in [-0.25, -0.2) is 4.68 Å². The topological polar surface area (TPSA) is 50.2 Å². The van der Waals surface area contributed by atoms with Gasteiger partial charge in [0.1, 0.15) is 0 Å². The summed E-state index contributed by atoms with van der Waals surface area (Å²) in [7, 11) is 3.60. The fourth-order valence-corrected chi connectivity index (χ4v) is 2.33. The molecule has 0 bridgehead atoms. The maximum atomic E-state index is 12.2. The van der Waals surface area contributed by atoms with Gasteiger partial charge in [-0.1, -0.05) is 23.2 Å². The zero-order chi connectivity index (χ0) is 15.4. The predicted octanol–water partition coefficient (Wildman–Crippen LogP) is 2.89. The van der Waals surface area contributed by atoms with E-state index in [0.29, 0.717) is 27.8 Å². The lowest BCUT2D eigenvalue weighted by atomic mass is 10.3. The van der Waals surface area contributed by atoms with Crippen molar-refractivity contribution >= 4 is 41.5 Å². The molecule has 0 fully saturated rings. The third kappa shape index (κ3) is 4.36. The molecule has 1 heterocycles. The number of aromatic nitrogens is 2. The summed E-state index contributed by atoms with van der Waals surface area (Å²) in [4.78, 5) is 13.9. The molecule has 22 heavy (non-hydrogen) atoms. The molecular weight excluding hydrogens is 347 g/mol. The molecule has 0 aliphatic heterocycles. The number of benzene rings is 1. The number of rotatable bonds is 5. The summed E-state index contributed by atoms with van der Waals surface area (Å²) in [5.74, 6) is -0.0819. The normalized spacial score (nSPS) is 10.2. The highest BCUT2D eigenvalue weighted by Gasteiger charge is 2.14. The van der Waals surface area contributed by atoms with Gasteiger partial charge in [0.05, 0.1) is 22.5 Å². The van der Waals surface area contributed by atoms with Gasteiger partial charge in [0.25, 0.3) is 5.91 Å². The Morgan fingerprint density at radius 2 is 2.14 bits per heavy atom. The molecule has 0 aliphatic rings. The van der Waals surface area contributed by atoms with Gasteiger partial charge >= 0.3 is 0 Å². The van der Waals surface area contributed by atoms with Gasteiger partial charge in [-0.2, -0.15) is 5.10 Å². The van der Waals surface area contributed by atoms with Gasteiger partial charge in [0, 0.05) is 31.4 Å². The summed E-state index contributed by atoms with van der Waals surface area (Å²) in [6.45, 7) is 1.36. The summed E-state index contributed by atoms with van der Waals surface area (Å²) in [6, 6.07) is 5.13. The number of likely N-dealkylation sites (N-methyl/N-ethyl adjacent to an activating group) is 2. The number of halogens is 3. The van der Waals surface area contributed by atoms with Crippen LogP contribution in [0.25, 0.3) is 5.69 Å². The standard InChI is InChI=1S/C14H16Cl2N4O.ClH/c1-17-5-6-19(2)14(21)10-8-18-20(9-10)13-4-3-11(15)7-12(13)16;/h3-4,7-9,17H,5-6H2,1-2H3;1H. The van der Waals surface area contributed by atoms with Crippen LogP contribution in [0.15, 0.2) is 30.6 Å². The Kier molecular flexibility index (Phi) is 7.16. The molecule has 0 radical (unpaired) electrons. The lowest BCUT2D eigenvalue weighted by Crippen LogP contribution is -2.32. The van der Waals surface area contributed by atoms with Crippen LogP contribution in [0.5, 0.6) is 0 Å². The van der Waals surface area contributed by atoms with Crippen LogP contribution in [0, 0.1) is 0 Å². The number of nitrogens with one attached hydrogen (secondary N) is 1. The Hall–Kier alpha value is -1.27. The summed E-state index contributed by atoms with van der Waals surface area (Å²) in [5, 5.41) is 8.23. The second kappa shape index (κ2) is 8.39. The quantitative estimate of drug-likeness (QED) is 0.888. The Bertz CT molecular complexity index is 645. The fraction of sp³-hybridized carbons (Fsp3) is 0.286. The monoisotopic (exact) mass is 362 g/mol. The minimum Gasteiger partial charge on any atom is -0.340 e. The molecule has 8 heteroatoms. The maximum Gasteiger partial charge on any atom is 0.256 e. The largest absolute Gasteiger partial charge is 0.340 e. The molecule has 1 aromatic heterocycles. The molecule has 0 saturated carbocycles. The Balaban J connectivity index is 0.00000242. The van der Waals surface area contributed by atoms with E-state index in [9.17, 15) is 4.79 Å². The van der Waals surface area contributed by atoms with Crippen LogP contribution in [0.3, 0.4) is 0 Å². The van der Waals surface area contributed by atoms with Crippen LogP contribution < -0.4 is 5.32 Å². The molecule has 120 valence electrons. The van der Waals surface area contributed by atoms with E-state index >= 15 is 0 Å². The lowest BCUT2D eigenvalue weighted by molar-refractivity contribution is 0.0797. The second-order valence-corrected chi connectivity index (χ2v) is 5.44. The summed E-state index contributed by atoms with van der Waals surface area (Å²) >= 11 is 12.0. The predicted molar refractivity (Wildman–Crippen MR) is 91.7 cm³/mol. The Morgan fingerprint density at radius 3 is 2.77 bits per heavy atom. The summed E-state index contributed by atoms with van der Waals surface area (Å²) < 4.78 is 1.57. The minimum atomic E-state index is -0.0819. The minimum absolute atomic E-state index is 0. The first kappa shape index (κ1) is 18.8. The number of hydrogen-bond donors (Lipinski definition) is 1. The van der Waals surface area contributed by atoms with Gasteiger partial charge < -0.3 is 10.2 Å². The van der Waals surface area contributed by atoms with E-state index in [1.165, 1.54) is 6.20 Å². The van der Waals surface area contributed by atoms with Crippen molar-refractivity contribution in [1.29, 1.82) is 0 Å². The van der Waals surface area contributed by atoms with Crippen molar-refractivity contribution in [3.63, 3.8) is 0 Å². The van der Waals surface area contributed by atoms with Crippen molar-refractivity contribution in [3.05, 3.63) is 46.2 Å². The molecule has 0 saturated heterocycles. The average molecular weight is 364 g/mol. The van der Waals surface area contributed by atoms with Gasteiger partial charge in [-0.05, 0) is 25.2 Å². The van der Waals surface area contributed by atoms with E-state index < -0.39 is 0 Å². The Morgan fingerprint density at radius 1 is 1.41 bits per heavy atom. The van der Waals surface area contributed by atoms with Gasteiger partial charge in [0.15, 0.2) is 0 Å². The average Bonchev–Trinajstić information content (AvgIpc) is 2.93. The highest BCUT2D eigenvalue weighted by molar-refractivity contribution is 6.35. The zero-order valence-electron chi connectivity index (χ0n) is 12.2. The third-order valence-corrected chi connectivity index (χ3v) is 3.57. The number of carbonyl (C=O) groups excluding carboxylic acids is 1. The van der Waals surface area contributed by atoms with Crippen LogP contribution in [0.4, 0.5) is 0 Å². The molecule has 0 aliphatic carbocycles. The van der Waals surface area contributed by atoms with E-state index in [1.54, 1.807) is 41.0 Å². The first-order valence-corrected chi connectivity index (χ1v) is 7.18. The molecule has 0 spiro atoms. The van der Waals surface area contributed by atoms with E-state index in [2.05, 4.69) is 10.4 Å². The zero-order valence-corrected chi connectivity index (χ0v) is 14.5. The van der Waals surface area contributed by atoms with E-state index in [1.807, 2.05) is 7.05 Å². The summed E-state index contributed by atoms with van der Waals surface area (Å²) in [6.07, 6.45) is 3.19. The maximum absolute atomic E-state index is 12.2. The van der Waals surface area contributed by atoms with Crippen LogP contribution >= 0.6 is 35.6 Å². The van der Waals surface area contributed by atoms with Crippen molar-refractivity contribution in [2.45, 2.75) is 0 Å². The van der Waals surface area contributed by atoms with Crippen molar-refractivity contribution in [1.82, 2.24) is 20.0 Å². The summed E-state index contributed by atoms with van der Waals surface area (Å²) in [5.41, 5.74) is 1.19. The molecule has 0 unspecified atom stereocenters. The van der Waals surface area contributed by atoms with Crippen LogP contribution in [0.2, 0.25) is 10.0 Å². The van der Waals surface area contributed by atoms with Crippen molar-refractivity contribution in [2.75, 3.05) is 27.2 Å². The smallest absolute Gasteiger partial charge is 0.256 e. The fourth-order valence-electron chi connectivity index (χ4n) is 1.83. The van der Waals surface area contributed by atoms with Crippen LogP contribution in [0.1, 0.15) is 10.4 Å². The van der Waals surface area contributed by atoms with E-state index in [0.717, 1.165) is 6.54 Å². The molecule has 1 N–H and O–H groups in total. The second-order valence-electron chi connectivity index (χ2n) is 4.60.